The molecule has 1 amide bonds. The number of carbonyl (C=O) groups excluding carboxylic acids is 1. The van der Waals surface area contributed by atoms with Crippen LogP contribution in [0.4, 0.5) is 14.5 Å². The van der Waals surface area contributed by atoms with Crippen LogP contribution >= 0.6 is 0 Å². The average Bonchev–Trinajstić information content (AvgIpc) is 2.25. The Balaban J connectivity index is 3.05. The highest BCUT2D eigenvalue weighted by Crippen LogP contribution is 2.21. The van der Waals surface area contributed by atoms with Crippen molar-refractivity contribution in [2.75, 3.05) is 6.54 Å². The predicted molar refractivity (Wildman–Crippen MR) is 57.0 cm³/mol. The minimum absolute atomic E-state index is 0.149. The van der Waals surface area contributed by atoms with E-state index in [4.69, 9.17) is 5.11 Å². The van der Waals surface area contributed by atoms with Gasteiger partial charge in [0.05, 0.1) is 16.6 Å². The minimum atomic E-state index is -1.36. The Morgan fingerprint density at radius 1 is 1.50 bits per heavy atom. The summed E-state index contributed by atoms with van der Waals surface area (Å²) in [5.74, 6) is -3.53. The first-order valence-corrected chi connectivity index (χ1v) is 4.92. The first-order chi connectivity index (χ1) is 8.32. The molecule has 0 aliphatic heterocycles. The number of aliphatic hydroxyl groups is 1. The molecule has 6 nitrogen and oxygen atoms in total. The molecule has 1 aromatic rings. The third-order valence-electron chi connectivity index (χ3n) is 2.04. The standard InChI is InChI=1S/C10H10F2N2O4/c1-5(15)4-13-10(16)6-2-9(14(17)18)8(12)3-7(6)11/h2-3,5,15H,4H2,1H3,(H,13,16). The molecular weight excluding hydrogens is 250 g/mol. The number of nitrogens with zero attached hydrogens (tertiary/aromatic N) is 1. The Kier molecular flexibility index (Phi) is 4.27. The van der Waals surface area contributed by atoms with E-state index in [1.807, 2.05) is 0 Å². The number of amides is 1. The van der Waals surface area contributed by atoms with Crippen LogP contribution in [0.5, 0.6) is 0 Å². The van der Waals surface area contributed by atoms with Gasteiger partial charge in [-0.3, -0.25) is 14.9 Å². The molecule has 2 N–H and O–H groups in total. The van der Waals surface area contributed by atoms with Crippen molar-refractivity contribution in [1.29, 1.82) is 0 Å². The van der Waals surface area contributed by atoms with Gasteiger partial charge in [0, 0.05) is 18.7 Å². The molecule has 0 aliphatic rings. The van der Waals surface area contributed by atoms with Gasteiger partial charge in [-0.05, 0) is 6.92 Å². The van der Waals surface area contributed by atoms with E-state index in [2.05, 4.69) is 5.32 Å². The van der Waals surface area contributed by atoms with Gasteiger partial charge < -0.3 is 10.4 Å². The third kappa shape index (κ3) is 3.20. The first kappa shape index (κ1) is 14.0. The lowest BCUT2D eigenvalue weighted by Gasteiger charge is -2.07. The Bertz CT molecular complexity index is 491. The normalized spacial score (nSPS) is 12.0. The van der Waals surface area contributed by atoms with Crippen molar-refractivity contribution in [3.05, 3.63) is 39.4 Å². The molecule has 98 valence electrons. The van der Waals surface area contributed by atoms with Crippen LogP contribution in [-0.2, 0) is 0 Å². The van der Waals surface area contributed by atoms with Crippen LogP contribution in [0.25, 0.3) is 0 Å². The Hall–Kier alpha value is -2.09. The van der Waals surface area contributed by atoms with E-state index in [0.717, 1.165) is 0 Å². The summed E-state index contributed by atoms with van der Waals surface area (Å²) in [4.78, 5) is 20.8. The highest BCUT2D eigenvalue weighted by Gasteiger charge is 2.22. The topological polar surface area (TPSA) is 92.5 Å². The van der Waals surface area contributed by atoms with E-state index < -0.39 is 39.8 Å². The second kappa shape index (κ2) is 5.50. The van der Waals surface area contributed by atoms with Crippen LogP contribution in [0, 0.1) is 21.7 Å². The number of rotatable bonds is 4. The van der Waals surface area contributed by atoms with Crippen LogP contribution < -0.4 is 5.32 Å². The molecule has 8 heteroatoms. The molecule has 0 saturated heterocycles. The zero-order valence-corrected chi connectivity index (χ0v) is 9.31. The van der Waals surface area contributed by atoms with Gasteiger partial charge in [0.2, 0.25) is 5.82 Å². The Labute approximate surface area is 100 Å². The fourth-order valence-electron chi connectivity index (χ4n) is 1.19. The van der Waals surface area contributed by atoms with Crippen molar-refractivity contribution in [2.45, 2.75) is 13.0 Å². The molecule has 1 atom stereocenters. The number of nitro benzene ring substituents is 1. The summed E-state index contributed by atoms with van der Waals surface area (Å²) >= 11 is 0. The summed E-state index contributed by atoms with van der Waals surface area (Å²) in [6.45, 7) is 1.24. The first-order valence-electron chi connectivity index (χ1n) is 4.92. The summed E-state index contributed by atoms with van der Waals surface area (Å²) in [5, 5.41) is 21.5. The van der Waals surface area contributed by atoms with E-state index in [9.17, 15) is 23.7 Å². The monoisotopic (exact) mass is 260 g/mol. The van der Waals surface area contributed by atoms with Crippen LogP contribution in [0.1, 0.15) is 17.3 Å². The second-order valence-electron chi connectivity index (χ2n) is 3.60. The lowest BCUT2D eigenvalue weighted by molar-refractivity contribution is -0.387. The van der Waals surface area contributed by atoms with E-state index in [1.54, 1.807) is 0 Å². The number of halogens is 2. The van der Waals surface area contributed by atoms with Crippen molar-refractivity contribution in [3.63, 3.8) is 0 Å². The summed E-state index contributed by atoms with van der Waals surface area (Å²) in [6, 6.07) is 0.789. The Morgan fingerprint density at radius 2 is 2.11 bits per heavy atom. The van der Waals surface area contributed by atoms with Gasteiger partial charge in [-0.1, -0.05) is 0 Å². The Morgan fingerprint density at radius 3 is 2.61 bits per heavy atom. The summed E-state index contributed by atoms with van der Waals surface area (Å²) in [5.41, 5.74) is -1.64. The lowest BCUT2D eigenvalue weighted by Crippen LogP contribution is -2.31. The van der Waals surface area contributed by atoms with Crippen LogP contribution in [0.2, 0.25) is 0 Å². The van der Waals surface area contributed by atoms with Crippen LogP contribution in [-0.4, -0.2) is 28.6 Å². The smallest absolute Gasteiger partial charge is 0.305 e. The van der Waals surface area contributed by atoms with Crippen molar-refractivity contribution in [3.8, 4) is 0 Å². The van der Waals surface area contributed by atoms with Gasteiger partial charge in [0.25, 0.3) is 5.91 Å². The zero-order valence-electron chi connectivity index (χ0n) is 9.31. The summed E-state index contributed by atoms with van der Waals surface area (Å²) in [7, 11) is 0. The van der Waals surface area contributed by atoms with E-state index >= 15 is 0 Å². The van der Waals surface area contributed by atoms with E-state index in [1.165, 1.54) is 6.92 Å². The molecule has 0 heterocycles. The van der Waals surface area contributed by atoms with Crippen molar-refractivity contribution >= 4 is 11.6 Å². The molecule has 0 aliphatic carbocycles. The van der Waals surface area contributed by atoms with E-state index in [-0.39, 0.29) is 12.6 Å². The SMILES string of the molecule is CC(O)CNC(=O)c1cc([N+](=O)[O-])c(F)cc1F. The quantitative estimate of drug-likeness (QED) is 0.623. The molecule has 0 aromatic heterocycles. The fraction of sp³-hybridized carbons (Fsp3) is 0.300. The molecule has 0 bridgehead atoms. The average molecular weight is 260 g/mol. The van der Waals surface area contributed by atoms with Gasteiger partial charge >= 0.3 is 5.69 Å². The third-order valence-corrected chi connectivity index (χ3v) is 2.04. The lowest BCUT2D eigenvalue weighted by atomic mass is 10.1. The highest BCUT2D eigenvalue weighted by molar-refractivity contribution is 5.95. The molecule has 0 radical (unpaired) electrons. The van der Waals surface area contributed by atoms with Crippen LogP contribution in [0.15, 0.2) is 12.1 Å². The molecule has 1 aromatic carbocycles. The number of nitrogens with one attached hydrogen (secondary N) is 1. The highest BCUT2D eigenvalue weighted by atomic mass is 19.1. The number of hydrogen-bond acceptors (Lipinski definition) is 4. The number of benzene rings is 1. The van der Waals surface area contributed by atoms with Crippen molar-refractivity contribution < 1.29 is 23.6 Å². The van der Waals surface area contributed by atoms with Crippen molar-refractivity contribution in [2.24, 2.45) is 0 Å². The molecular formula is C10H10F2N2O4. The molecule has 0 spiro atoms. The van der Waals surface area contributed by atoms with E-state index in [0.29, 0.717) is 6.07 Å². The zero-order chi connectivity index (χ0) is 13.9. The van der Waals surface area contributed by atoms with Crippen molar-refractivity contribution in [1.82, 2.24) is 5.32 Å². The maximum atomic E-state index is 13.3. The number of carbonyl (C=O) groups is 1. The second-order valence-corrected chi connectivity index (χ2v) is 3.60. The number of aliphatic hydroxyl groups excluding tert-OH is 1. The van der Waals surface area contributed by atoms with Crippen LogP contribution in [0.3, 0.4) is 0 Å². The maximum Gasteiger partial charge on any atom is 0.305 e. The molecule has 18 heavy (non-hydrogen) atoms. The van der Waals surface area contributed by atoms with Gasteiger partial charge in [-0.25, -0.2) is 4.39 Å². The number of hydrogen-bond donors (Lipinski definition) is 2. The molecule has 0 fully saturated rings. The molecule has 1 unspecified atom stereocenters. The van der Waals surface area contributed by atoms with Gasteiger partial charge in [-0.2, -0.15) is 4.39 Å². The van der Waals surface area contributed by atoms with Gasteiger partial charge in [0.1, 0.15) is 5.82 Å². The maximum absolute atomic E-state index is 13.3. The fourth-order valence-corrected chi connectivity index (χ4v) is 1.19. The molecule has 1 rings (SSSR count). The molecule has 0 saturated carbocycles. The minimum Gasteiger partial charge on any atom is -0.392 e. The largest absolute Gasteiger partial charge is 0.392 e. The number of nitro groups is 1. The predicted octanol–water partition coefficient (Wildman–Crippen LogP) is 0.984. The summed E-state index contributed by atoms with van der Waals surface area (Å²) < 4.78 is 26.3. The van der Waals surface area contributed by atoms with Gasteiger partial charge in [0.15, 0.2) is 0 Å². The summed E-state index contributed by atoms with van der Waals surface area (Å²) in [6.07, 6.45) is -0.854. The van der Waals surface area contributed by atoms with Gasteiger partial charge in [-0.15, -0.1) is 0 Å².